The minimum atomic E-state index is -0.469. The highest BCUT2D eigenvalue weighted by Crippen LogP contribution is 2.14. The molecular weight excluding hydrogens is 275 g/mol. The lowest BCUT2D eigenvalue weighted by molar-refractivity contribution is -0.123. The third-order valence-corrected chi connectivity index (χ3v) is 3.33. The first kappa shape index (κ1) is 15.7. The highest BCUT2D eigenvalue weighted by Gasteiger charge is 2.17. The van der Waals surface area contributed by atoms with Crippen LogP contribution in [0.25, 0.3) is 0 Å². The van der Waals surface area contributed by atoms with Crippen LogP contribution in [0.2, 0.25) is 0 Å². The molecule has 0 radical (unpaired) electrons. The number of morpholine rings is 1. The summed E-state index contributed by atoms with van der Waals surface area (Å²) in [6.07, 6.45) is 0.909. The van der Waals surface area contributed by atoms with E-state index in [1.807, 2.05) is 0 Å². The molecule has 1 heterocycles. The second-order valence-corrected chi connectivity index (χ2v) is 5.11. The van der Waals surface area contributed by atoms with Gasteiger partial charge in [-0.25, -0.2) is 4.39 Å². The Morgan fingerprint density at radius 1 is 1.52 bits per heavy atom. The molecule has 21 heavy (non-hydrogen) atoms. The highest BCUT2D eigenvalue weighted by molar-refractivity contribution is 5.77. The number of hydrogen-bond acceptors (Lipinski definition) is 4. The number of halogens is 1. The van der Waals surface area contributed by atoms with Crippen LogP contribution >= 0.6 is 0 Å². The Balaban J connectivity index is 1.62. The van der Waals surface area contributed by atoms with Crippen molar-refractivity contribution in [3.05, 3.63) is 30.1 Å². The Labute approximate surface area is 124 Å². The van der Waals surface area contributed by atoms with Gasteiger partial charge in [-0.05, 0) is 25.6 Å². The molecule has 1 fully saturated rings. The van der Waals surface area contributed by atoms with Crippen LogP contribution in [-0.4, -0.2) is 56.8 Å². The van der Waals surface area contributed by atoms with E-state index in [-0.39, 0.29) is 24.4 Å². The number of nitrogens with zero attached hydrogens (tertiary/aromatic N) is 1. The van der Waals surface area contributed by atoms with Crippen molar-refractivity contribution in [3.8, 4) is 5.75 Å². The van der Waals surface area contributed by atoms with Crippen molar-refractivity contribution in [2.45, 2.75) is 12.5 Å². The molecule has 6 heteroatoms. The molecule has 1 saturated heterocycles. The van der Waals surface area contributed by atoms with E-state index in [0.29, 0.717) is 6.54 Å². The third kappa shape index (κ3) is 5.32. The number of benzene rings is 1. The largest absolute Gasteiger partial charge is 0.481 e. The smallest absolute Gasteiger partial charge is 0.257 e. The van der Waals surface area contributed by atoms with E-state index in [9.17, 15) is 9.18 Å². The number of ether oxygens (including phenoxy) is 2. The van der Waals surface area contributed by atoms with Crippen molar-refractivity contribution in [3.63, 3.8) is 0 Å². The zero-order valence-electron chi connectivity index (χ0n) is 12.2. The van der Waals surface area contributed by atoms with Gasteiger partial charge in [0.05, 0.1) is 12.7 Å². The van der Waals surface area contributed by atoms with Gasteiger partial charge in [0.1, 0.15) is 0 Å². The van der Waals surface area contributed by atoms with Crippen LogP contribution < -0.4 is 10.1 Å². The summed E-state index contributed by atoms with van der Waals surface area (Å²) >= 11 is 0. The Morgan fingerprint density at radius 2 is 2.33 bits per heavy atom. The van der Waals surface area contributed by atoms with Crippen LogP contribution in [0.4, 0.5) is 4.39 Å². The number of amides is 1. The molecule has 116 valence electrons. The van der Waals surface area contributed by atoms with Gasteiger partial charge in [0.2, 0.25) is 0 Å². The Hall–Kier alpha value is -1.66. The number of hydrogen-bond donors (Lipinski definition) is 1. The number of rotatable bonds is 6. The highest BCUT2D eigenvalue weighted by atomic mass is 19.1. The topological polar surface area (TPSA) is 50.8 Å². The lowest BCUT2D eigenvalue weighted by Gasteiger charge is -2.30. The lowest BCUT2D eigenvalue weighted by Crippen LogP contribution is -2.42. The van der Waals surface area contributed by atoms with Crippen molar-refractivity contribution in [2.75, 3.05) is 39.9 Å². The van der Waals surface area contributed by atoms with Crippen LogP contribution in [0.3, 0.4) is 0 Å². The average Bonchev–Trinajstić information content (AvgIpc) is 2.46. The normalized spacial score (nSPS) is 19.2. The molecule has 1 aliphatic heterocycles. The number of nitrogens with one attached hydrogen (secondary N) is 1. The Morgan fingerprint density at radius 3 is 3.10 bits per heavy atom. The van der Waals surface area contributed by atoms with E-state index in [0.717, 1.165) is 26.1 Å². The van der Waals surface area contributed by atoms with Crippen LogP contribution in [-0.2, 0) is 9.53 Å². The second-order valence-electron chi connectivity index (χ2n) is 5.11. The molecule has 1 N–H and O–H groups in total. The summed E-state index contributed by atoms with van der Waals surface area (Å²) in [7, 11) is 2.05. The molecule has 1 aromatic carbocycles. The van der Waals surface area contributed by atoms with E-state index >= 15 is 0 Å². The fourth-order valence-electron chi connectivity index (χ4n) is 2.17. The van der Waals surface area contributed by atoms with E-state index in [1.54, 1.807) is 12.1 Å². The SMILES string of the molecule is CN1CCOC(CCNC(=O)COc2ccccc2F)C1. The first-order chi connectivity index (χ1) is 10.1. The molecule has 1 amide bonds. The van der Waals surface area contributed by atoms with Gasteiger partial charge in [0, 0.05) is 19.6 Å². The van der Waals surface area contributed by atoms with Crippen LogP contribution in [0, 0.1) is 5.82 Å². The second kappa shape index (κ2) is 7.95. The van der Waals surface area contributed by atoms with Crippen molar-refractivity contribution in [2.24, 2.45) is 0 Å². The van der Waals surface area contributed by atoms with Gasteiger partial charge in [0.15, 0.2) is 18.2 Å². The standard InChI is InChI=1S/C15H21FN2O3/c1-18-8-9-20-12(10-18)6-7-17-15(19)11-21-14-5-3-2-4-13(14)16/h2-5,12H,6-11H2,1H3,(H,17,19). The molecule has 0 aromatic heterocycles. The predicted octanol–water partition coefficient (Wildman–Crippen LogP) is 1.04. The molecule has 1 atom stereocenters. The predicted molar refractivity (Wildman–Crippen MR) is 76.8 cm³/mol. The minimum Gasteiger partial charge on any atom is -0.481 e. The fourth-order valence-corrected chi connectivity index (χ4v) is 2.17. The quantitative estimate of drug-likeness (QED) is 0.852. The number of carbonyl (C=O) groups excluding carboxylic acids is 1. The molecule has 1 aliphatic rings. The van der Waals surface area contributed by atoms with Gasteiger partial charge < -0.3 is 19.7 Å². The zero-order chi connectivity index (χ0) is 15.1. The molecule has 0 saturated carbocycles. The van der Waals surface area contributed by atoms with Crippen LogP contribution in [0.5, 0.6) is 5.75 Å². The maximum Gasteiger partial charge on any atom is 0.257 e. The summed E-state index contributed by atoms with van der Waals surface area (Å²) in [5.41, 5.74) is 0. The molecule has 0 bridgehead atoms. The zero-order valence-corrected chi connectivity index (χ0v) is 12.2. The molecule has 1 aromatic rings. The summed E-state index contributed by atoms with van der Waals surface area (Å²) in [5, 5.41) is 2.75. The summed E-state index contributed by atoms with van der Waals surface area (Å²) in [6.45, 7) is 2.89. The minimum absolute atomic E-state index is 0.0879. The summed E-state index contributed by atoms with van der Waals surface area (Å²) in [5.74, 6) is -0.642. The van der Waals surface area contributed by atoms with Gasteiger partial charge in [0.25, 0.3) is 5.91 Å². The molecule has 2 rings (SSSR count). The van der Waals surface area contributed by atoms with E-state index < -0.39 is 5.82 Å². The van der Waals surface area contributed by atoms with E-state index in [4.69, 9.17) is 9.47 Å². The maximum atomic E-state index is 13.3. The molecule has 1 unspecified atom stereocenters. The fraction of sp³-hybridized carbons (Fsp3) is 0.533. The van der Waals surface area contributed by atoms with Crippen molar-refractivity contribution >= 4 is 5.91 Å². The molecular formula is C15H21FN2O3. The monoisotopic (exact) mass is 296 g/mol. The average molecular weight is 296 g/mol. The first-order valence-corrected chi connectivity index (χ1v) is 7.09. The van der Waals surface area contributed by atoms with Crippen LogP contribution in [0.15, 0.2) is 24.3 Å². The number of para-hydroxylation sites is 1. The van der Waals surface area contributed by atoms with Gasteiger partial charge in [-0.3, -0.25) is 4.79 Å². The van der Waals surface area contributed by atoms with Gasteiger partial charge in [-0.2, -0.15) is 0 Å². The van der Waals surface area contributed by atoms with Gasteiger partial charge in [-0.15, -0.1) is 0 Å². The third-order valence-electron chi connectivity index (χ3n) is 3.33. The molecule has 5 nitrogen and oxygen atoms in total. The van der Waals surface area contributed by atoms with Crippen LogP contribution in [0.1, 0.15) is 6.42 Å². The number of likely N-dealkylation sites (N-methyl/N-ethyl adjacent to an activating group) is 1. The lowest BCUT2D eigenvalue weighted by atomic mass is 10.2. The number of carbonyl (C=O) groups is 1. The van der Waals surface area contributed by atoms with Crippen molar-refractivity contribution in [1.29, 1.82) is 0 Å². The molecule has 0 spiro atoms. The van der Waals surface area contributed by atoms with E-state index in [2.05, 4.69) is 17.3 Å². The Bertz CT molecular complexity index is 470. The first-order valence-electron chi connectivity index (χ1n) is 7.09. The summed E-state index contributed by atoms with van der Waals surface area (Å²) in [6, 6.07) is 6.02. The summed E-state index contributed by atoms with van der Waals surface area (Å²) in [4.78, 5) is 13.8. The summed E-state index contributed by atoms with van der Waals surface area (Å²) < 4.78 is 24.0. The van der Waals surface area contributed by atoms with E-state index in [1.165, 1.54) is 12.1 Å². The van der Waals surface area contributed by atoms with Crippen molar-refractivity contribution < 1.29 is 18.7 Å². The molecule has 0 aliphatic carbocycles. The maximum absolute atomic E-state index is 13.3. The van der Waals surface area contributed by atoms with Gasteiger partial charge >= 0.3 is 0 Å². The van der Waals surface area contributed by atoms with Crippen molar-refractivity contribution in [1.82, 2.24) is 10.2 Å². The van der Waals surface area contributed by atoms with Gasteiger partial charge in [-0.1, -0.05) is 12.1 Å². The Kier molecular flexibility index (Phi) is 5.95.